The predicted octanol–water partition coefficient (Wildman–Crippen LogP) is 2.17. The lowest BCUT2D eigenvalue weighted by molar-refractivity contribution is 0.0951. The molecule has 19 heavy (non-hydrogen) atoms. The molecule has 1 aromatic rings. The summed E-state index contributed by atoms with van der Waals surface area (Å²) >= 11 is 0. The molecular formula is C12H18N6O. The summed E-state index contributed by atoms with van der Waals surface area (Å²) in [7, 11) is 0. The predicted molar refractivity (Wildman–Crippen MR) is 71.7 cm³/mol. The Balaban J connectivity index is 2.49. The molecule has 0 unspecified atom stereocenters. The molecule has 0 bridgehead atoms. The van der Waals surface area contributed by atoms with Crippen molar-refractivity contribution in [1.29, 1.82) is 0 Å². The van der Waals surface area contributed by atoms with Gasteiger partial charge in [-0.15, -0.1) is 0 Å². The topological polar surface area (TPSA) is 104 Å². The van der Waals surface area contributed by atoms with Gasteiger partial charge in [0.05, 0.1) is 17.0 Å². The average Bonchev–Trinajstić information content (AvgIpc) is 2.42. The molecule has 0 saturated heterocycles. The first-order chi connectivity index (χ1) is 9.19. The molecule has 0 fully saturated rings. The van der Waals surface area contributed by atoms with Crippen molar-refractivity contribution in [2.24, 2.45) is 5.11 Å². The molecule has 0 aliphatic carbocycles. The lowest BCUT2D eigenvalue weighted by atomic mass is 10.1. The van der Waals surface area contributed by atoms with Gasteiger partial charge in [0.2, 0.25) is 0 Å². The first kappa shape index (κ1) is 14.9. The van der Waals surface area contributed by atoms with Crippen LogP contribution in [0.2, 0.25) is 0 Å². The van der Waals surface area contributed by atoms with E-state index in [1.807, 2.05) is 13.8 Å². The zero-order chi connectivity index (χ0) is 14.1. The van der Waals surface area contributed by atoms with Gasteiger partial charge in [0, 0.05) is 18.0 Å². The quantitative estimate of drug-likeness (QED) is 0.352. The summed E-state index contributed by atoms with van der Waals surface area (Å²) in [4.78, 5) is 14.7. The van der Waals surface area contributed by atoms with E-state index in [2.05, 4.69) is 25.5 Å². The highest BCUT2D eigenvalue weighted by Gasteiger charge is 2.11. The van der Waals surface area contributed by atoms with E-state index in [0.717, 1.165) is 18.5 Å². The number of carbonyl (C=O) groups is 1. The zero-order valence-corrected chi connectivity index (χ0v) is 11.3. The molecule has 0 radical (unpaired) electrons. The minimum atomic E-state index is -0.126. The van der Waals surface area contributed by atoms with Gasteiger partial charge in [-0.05, 0) is 37.8 Å². The van der Waals surface area contributed by atoms with E-state index in [1.165, 1.54) is 0 Å². The zero-order valence-electron chi connectivity index (χ0n) is 11.3. The number of nitrogens with one attached hydrogen (secondary N) is 1. The van der Waals surface area contributed by atoms with Crippen LogP contribution >= 0.6 is 0 Å². The number of hydrogen-bond donors (Lipinski definition) is 1. The van der Waals surface area contributed by atoms with Crippen molar-refractivity contribution in [1.82, 2.24) is 15.5 Å². The van der Waals surface area contributed by atoms with Crippen LogP contribution in [0.1, 0.15) is 41.5 Å². The highest BCUT2D eigenvalue weighted by molar-refractivity contribution is 5.95. The number of amides is 1. The Morgan fingerprint density at radius 1 is 1.47 bits per heavy atom. The van der Waals surface area contributed by atoms with Crippen molar-refractivity contribution >= 4 is 5.91 Å². The number of aromatic nitrogens is 2. The van der Waals surface area contributed by atoms with Crippen LogP contribution < -0.4 is 5.32 Å². The van der Waals surface area contributed by atoms with Gasteiger partial charge < -0.3 is 5.32 Å². The molecule has 1 aromatic heterocycles. The third-order valence-electron chi connectivity index (χ3n) is 2.61. The maximum Gasteiger partial charge on any atom is 0.253 e. The Morgan fingerprint density at radius 3 is 2.95 bits per heavy atom. The number of azide groups is 1. The molecule has 1 N–H and O–H groups in total. The molecule has 0 atom stereocenters. The van der Waals surface area contributed by atoms with Gasteiger partial charge in [-0.3, -0.25) is 4.79 Å². The lowest BCUT2D eigenvalue weighted by Gasteiger charge is -2.08. The fourth-order valence-electron chi connectivity index (χ4n) is 1.62. The van der Waals surface area contributed by atoms with Crippen molar-refractivity contribution in [3.05, 3.63) is 33.5 Å². The van der Waals surface area contributed by atoms with Crippen molar-refractivity contribution in [2.75, 3.05) is 13.1 Å². The Kier molecular flexibility index (Phi) is 6.32. The third-order valence-corrected chi connectivity index (χ3v) is 2.61. The summed E-state index contributed by atoms with van der Waals surface area (Å²) < 4.78 is 0. The Morgan fingerprint density at radius 2 is 2.26 bits per heavy atom. The van der Waals surface area contributed by atoms with Crippen LogP contribution in [-0.2, 0) is 6.42 Å². The second-order valence-electron chi connectivity index (χ2n) is 4.12. The minimum absolute atomic E-state index is 0.126. The van der Waals surface area contributed by atoms with E-state index in [4.69, 9.17) is 5.53 Å². The van der Waals surface area contributed by atoms with Crippen LogP contribution in [0.3, 0.4) is 0 Å². The second-order valence-corrected chi connectivity index (χ2v) is 4.12. The van der Waals surface area contributed by atoms with Crippen molar-refractivity contribution in [2.45, 2.75) is 33.1 Å². The van der Waals surface area contributed by atoms with E-state index in [-0.39, 0.29) is 5.91 Å². The van der Waals surface area contributed by atoms with Gasteiger partial charge in [-0.25, -0.2) is 0 Å². The summed E-state index contributed by atoms with van der Waals surface area (Å²) in [6.45, 7) is 4.77. The smallest absolute Gasteiger partial charge is 0.253 e. The molecule has 0 saturated carbocycles. The molecule has 0 aliphatic heterocycles. The average molecular weight is 262 g/mol. The summed E-state index contributed by atoms with van der Waals surface area (Å²) in [5, 5.41) is 14.2. The number of aryl methyl sites for hydroxylation is 2. The van der Waals surface area contributed by atoms with E-state index in [1.54, 1.807) is 6.07 Å². The SMILES string of the molecule is CCc1nnc(C)cc1C(=O)NCCCCN=[N+]=[N-]. The van der Waals surface area contributed by atoms with Crippen LogP contribution in [0.25, 0.3) is 10.4 Å². The molecule has 7 heteroatoms. The lowest BCUT2D eigenvalue weighted by Crippen LogP contribution is -2.26. The van der Waals surface area contributed by atoms with E-state index >= 15 is 0 Å². The van der Waals surface area contributed by atoms with Gasteiger partial charge in [0.1, 0.15) is 0 Å². The highest BCUT2D eigenvalue weighted by Crippen LogP contribution is 2.07. The summed E-state index contributed by atoms with van der Waals surface area (Å²) in [6.07, 6.45) is 2.22. The van der Waals surface area contributed by atoms with Crippen molar-refractivity contribution in [3.63, 3.8) is 0 Å². The van der Waals surface area contributed by atoms with Gasteiger partial charge >= 0.3 is 0 Å². The van der Waals surface area contributed by atoms with E-state index in [9.17, 15) is 4.79 Å². The Bertz CT molecular complexity index is 481. The summed E-state index contributed by atoms with van der Waals surface area (Å²) in [5.41, 5.74) is 10.1. The number of unbranched alkanes of at least 4 members (excludes halogenated alkanes) is 1. The van der Waals surface area contributed by atoms with Gasteiger partial charge in [0.25, 0.3) is 5.91 Å². The molecule has 0 aromatic carbocycles. The van der Waals surface area contributed by atoms with Crippen LogP contribution in [0, 0.1) is 6.92 Å². The van der Waals surface area contributed by atoms with Gasteiger partial charge in [-0.1, -0.05) is 12.0 Å². The molecule has 0 aliphatic rings. The molecule has 0 spiro atoms. The maximum atomic E-state index is 12.0. The molecule has 1 rings (SSSR count). The fraction of sp³-hybridized carbons (Fsp3) is 0.583. The van der Waals surface area contributed by atoms with E-state index in [0.29, 0.717) is 30.8 Å². The normalized spacial score (nSPS) is 9.79. The molecule has 102 valence electrons. The third kappa shape index (κ3) is 4.93. The van der Waals surface area contributed by atoms with E-state index < -0.39 is 0 Å². The number of rotatable bonds is 7. The van der Waals surface area contributed by atoms with Gasteiger partial charge in [-0.2, -0.15) is 10.2 Å². The first-order valence-electron chi connectivity index (χ1n) is 6.31. The number of nitrogens with zero attached hydrogens (tertiary/aromatic N) is 5. The van der Waals surface area contributed by atoms with Crippen molar-refractivity contribution < 1.29 is 4.79 Å². The monoisotopic (exact) mass is 262 g/mol. The molecular weight excluding hydrogens is 244 g/mol. The largest absolute Gasteiger partial charge is 0.352 e. The van der Waals surface area contributed by atoms with Crippen LogP contribution in [0.4, 0.5) is 0 Å². The van der Waals surface area contributed by atoms with Gasteiger partial charge in [0.15, 0.2) is 0 Å². The second kappa shape index (κ2) is 8.05. The number of carbonyl (C=O) groups excluding carboxylic acids is 1. The molecule has 7 nitrogen and oxygen atoms in total. The Hall–Kier alpha value is -2.14. The number of hydrogen-bond acceptors (Lipinski definition) is 4. The highest BCUT2D eigenvalue weighted by atomic mass is 16.1. The standard InChI is InChI=1S/C12H18N6O/c1-3-11-10(8-9(2)16-17-11)12(19)14-6-4-5-7-15-18-13/h8H,3-7H2,1-2H3,(H,14,19). The van der Waals surface area contributed by atoms with Crippen LogP contribution in [0.5, 0.6) is 0 Å². The summed E-state index contributed by atoms with van der Waals surface area (Å²) in [6, 6.07) is 1.75. The van der Waals surface area contributed by atoms with Crippen LogP contribution in [0.15, 0.2) is 11.2 Å². The maximum absolute atomic E-state index is 12.0. The Labute approximate surface area is 112 Å². The first-order valence-corrected chi connectivity index (χ1v) is 6.31. The summed E-state index contributed by atoms with van der Waals surface area (Å²) in [5.74, 6) is -0.126. The van der Waals surface area contributed by atoms with Crippen LogP contribution in [-0.4, -0.2) is 29.2 Å². The minimum Gasteiger partial charge on any atom is -0.352 e. The molecule has 1 amide bonds. The van der Waals surface area contributed by atoms with Crippen molar-refractivity contribution in [3.8, 4) is 0 Å². The molecule has 1 heterocycles. The fourth-order valence-corrected chi connectivity index (χ4v) is 1.62.